The van der Waals surface area contributed by atoms with Gasteiger partial charge in [0.2, 0.25) is 5.95 Å². The Kier molecular flexibility index (Phi) is 7.48. The van der Waals surface area contributed by atoms with Crippen molar-refractivity contribution in [2.45, 2.75) is 25.3 Å². The van der Waals surface area contributed by atoms with Gasteiger partial charge >= 0.3 is 0 Å². The quantitative estimate of drug-likeness (QED) is 0.170. The van der Waals surface area contributed by atoms with E-state index in [0.29, 0.717) is 5.95 Å². The van der Waals surface area contributed by atoms with Crippen LogP contribution in [0, 0.1) is 0 Å². The summed E-state index contributed by atoms with van der Waals surface area (Å²) >= 11 is 3.78. The Morgan fingerprint density at radius 1 is 0.642 bits per heavy atom. The fourth-order valence-corrected chi connectivity index (χ4v) is 8.37. The Morgan fingerprint density at radius 3 is 2.13 bits per heavy atom. The highest BCUT2D eigenvalue weighted by molar-refractivity contribution is 9.10. The maximum Gasteiger partial charge on any atom is 0.235 e. The molecule has 10 rings (SSSR count). The molecular weight excluding hydrogens is 714 g/mol. The van der Waals surface area contributed by atoms with Crippen molar-refractivity contribution in [1.82, 2.24) is 24.1 Å². The second kappa shape index (κ2) is 12.5. The first-order valence-corrected chi connectivity index (χ1v) is 18.8. The van der Waals surface area contributed by atoms with Crippen molar-refractivity contribution in [2.24, 2.45) is 0 Å². The maximum absolute atomic E-state index is 5.32. The molecule has 0 fully saturated rings. The smallest absolute Gasteiger partial charge is 0.235 e. The van der Waals surface area contributed by atoms with Crippen LogP contribution in [0.1, 0.15) is 24.5 Å². The predicted octanol–water partition coefficient (Wildman–Crippen LogP) is 9.99. The summed E-state index contributed by atoms with van der Waals surface area (Å²) in [6.45, 7) is 3.06. The molecule has 0 aliphatic heterocycles. The SMILES string of the molecule is CC1(c2ccc3c(c2)c2ccccc2n3-c2nc(-c3ccccc3)c3ccccc3n2)C=c2nc(-c3ccccc3)n(Cc3ccccc3Br)c2=CC1. The third kappa shape index (κ3) is 5.32. The number of hydrogen-bond donors (Lipinski definition) is 0. The van der Waals surface area contributed by atoms with E-state index < -0.39 is 0 Å². The minimum absolute atomic E-state index is 0.259. The first kappa shape index (κ1) is 31.6. The maximum atomic E-state index is 5.32. The summed E-state index contributed by atoms with van der Waals surface area (Å²) < 4.78 is 5.69. The summed E-state index contributed by atoms with van der Waals surface area (Å²) in [4.78, 5) is 15.7. The van der Waals surface area contributed by atoms with Crippen LogP contribution >= 0.6 is 15.9 Å². The highest BCUT2D eigenvalue weighted by atomic mass is 79.9. The molecule has 3 heterocycles. The number of rotatable bonds is 6. The van der Waals surface area contributed by atoms with Crippen molar-refractivity contribution >= 4 is 60.8 Å². The Labute approximate surface area is 315 Å². The zero-order valence-electron chi connectivity index (χ0n) is 29.1. The molecule has 0 bridgehead atoms. The van der Waals surface area contributed by atoms with Crippen LogP contribution in [-0.4, -0.2) is 24.1 Å². The zero-order valence-corrected chi connectivity index (χ0v) is 30.7. The average Bonchev–Trinajstić information content (AvgIpc) is 3.73. The van der Waals surface area contributed by atoms with Crippen LogP contribution in [0.2, 0.25) is 0 Å². The molecule has 254 valence electrons. The molecule has 0 amide bonds. The van der Waals surface area contributed by atoms with Crippen molar-refractivity contribution in [3.8, 4) is 28.6 Å². The van der Waals surface area contributed by atoms with Gasteiger partial charge in [0.25, 0.3) is 0 Å². The van der Waals surface area contributed by atoms with Gasteiger partial charge in [-0.05, 0) is 54.0 Å². The van der Waals surface area contributed by atoms with E-state index in [-0.39, 0.29) is 5.41 Å². The molecule has 9 aromatic rings. The first-order chi connectivity index (χ1) is 26.0. The Balaban J connectivity index is 1.13. The summed E-state index contributed by atoms with van der Waals surface area (Å²) in [5.41, 5.74) is 8.41. The molecule has 53 heavy (non-hydrogen) atoms. The van der Waals surface area contributed by atoms with Crippen LogP contribution in [0.15, 0.2) is 156 Å². The largest absolute Gasteiger partial charge is 0.320 e. The molecule has 0 spiro atoms. The predicted molar refractivity (Wildman–Crippen MR) is 220 cm³/mol. The van der Waals surface area contributed by atoms with Crippen LogP contribution in [0.25, 0.3) is 73.5 Å². The summed E-state index contributed by atoms with van der Waals surface area (Å²) in [7, 11) is 0. The number of nitrogens with zero attached hydrogens (tertiary/aromatic N) is 5. The van der Waals surface area contributed by atoms with Gasteiger partial charge in [0.05, 0.1) is 39.5 Å². The van der Waals surface area contributed by atoms with E-state index in [0.717, 1.165) is 72.7 Å². The van der Waals surface area contributed by atoms with E-state index in [1.165, 1.54) is 21.9 Å². The molecule has 6 aromatic carbocycles. The van der Waals surface area contributed by atoms with E-state index in [9.17, 15) is 0 Å². The van der Waals surface area contributed by atoms with Gasteiger partial charge in [-0.1, -0.05) is 150 Å². The summed E-state index contributed by atoms with van der Waals surface area (Å²) in [5.74, 6) is 1.64. The molecule has 1 aliphatic carbocycles. The molecule has 0 radical (unpaired) electrons. The molecule has 0 saturated heterocycles. The Morgan fingerprint density at radius 2 is 1.32 bits per heavy atom. The number of benzene rings is 6. The van der Waals surface area contributed by atoms with Crippen LogP contribution in [-0.2, 0) is 12.0 Å². The van der Waals surface area contributed by atoms with Gasteiger partial charge in [-0.3, -0.25) is 4.57 Å². The summed E-state index contributed by atoms with van der Waals surface area (Å²) in [6, 6.07) is 53.2. The third-order valence-electron chi connectivity index (χ3n) is 10.7. The van der Waals surface area contributed by atoms with Gasteiger partial charge in [0.1, 0.15) is 5.82 Å². The number of para-hydroxylation sites is 2. The Bertz CT molecular complexity index is 2980. The average molecular weight is 749 g/mol. The zero-order chi connectivity index (χ0) is 35.5. The fourth-order valence-electron chi connectivity index (χ4n) is 7.96. The molecule has 0 saturated carbocycles. The topological polar surface area (TPSA) is 48.5 Å². The minimum Gasteiger partial charge on any atom is -0.320 e. The van der Waals surface area contributed by atoms with Crippen molar-refractivity contribution in [2.75, 3.05) is 0 Å². The lowest BCUT2D eigenvalue weighted by Gasteiger charge is -2.27. The summed E-state index contributed by atoms with van der Waals surface area (Å²) in [5, 5.41) is 5.58. The van der Waals surface area contributed by atoms with Crippen molar-refractivity contribution in [3.63, 3.8) is 0 Å². The molecule has 1 unspecified atom stereocenters. The second-order valence-corrected chi connectivity index (χ2v) is 14.9. The first-order valence-electron chi connectivity index (χ1n) is 18.0. The van der Waals surface area contributed by atoms with Gasteiger partial charge in [-0.25, -0.2) is 15.0 Å². The van der Waals surface area contributed by atoms with Gasteiger partial charge in [-0.2, -0.15) is 0 Å². The van der Waals surface area contributed by atoms with E-state index in [1.54, 1.807) is 0 Å². The van der Waals surface area contributed by atoms with Crippen molar-refractivity contribution in [3.05, 3.63) is 178 Å². The van der Waals surface area contributed by atoms with E-state index in [1.807, 2.05) is 12.1 Å². The van der Waals surface area contributed by atoms with Gasteiger partial charge < -0.3 is 4.57 Å². The monoisotopic (exact) mass is 747 g/mol. The van der Waals surface area contributed by atoms with E-state index >= 15 is 0 Å². The lowest BCUT2D eigenvalue weighted by atomic mass is 9.77. The van der Waals surface area contributed by atoms with Crippen molar-refractivity contribution in [1.29, 1.82) is 0 Å². The molecule has 0 N–H and O–H groups in total. The normalized spacial score (nSPS) is 15.4. The standard InChI is InChI=1S/C47H34BrN5/c1-47(27-26-43-40(29-47)49-45(32-16-6-3-7-17-32)52(43)30-33-18-8-11-21-38(33)48)34-24-25-42-37(28-34)35-19-10-13-23-41(35)53(42)46-50-39-22-12-9-20-36(39)44(51-46)31-14-4-2-5-15-31/h2-26,28-29H,27,30H2,1H3. The molecule has 6 heteroatoms. The van der Waals surface area contributed by atoms with Crippen LogP contribution < -0.4 is 10.7 Å². The third-order valence-corrected chi connectivity index (χ3v) is 11.5. The van der Waals surface area contributed by atoms with Crippen LogP contribution in [0.5, 0.6) is 0 Å². The fraction of sp³-hybridized carbons (Fsp3) is 0.0851. The van der Waals surface area contributed by atoms with Crippen LogP contribution in [0.3, 0.4) is 0 Å². The van der Waals surface area contributed by atoms with Gasteiger partial charge in [0.15, 0.2) is 0 Å². The lowest BCUT2D eigenvalue weighted by molar-refractivity contribution is 0.646. The Hall–Kier alpha value is -6.11. The summed E-state index contributed by atoms with van der Waals surface area (Å²) in [6.07, 6.45) is 5.62. The van der Waals surface area contributed by atoms with Gasteiger partial charge in [0, 0.05) is 37.2 Å². The highest BCUT2D eigenvalue weighted by Gasteiger charge is 2.28. The molecular formula is C47H34BrN5. The minimum atomic E-state index is -0.259. The number of hydrogen-bond acceptors (Lipinski definition) is 3. The van der Waals surface area contributed by atoms with Crippen LogP contribution in [0.4, 0.5) is 0 Å². The molecule has 1 atom stereocenters. The van der Waals surface area contributed by atoms with Gasteiger partial charge in [-0.15, -0.1) is 0 Å². The molecule has 1 aliphatic rings. The highest BCUT2D eigenvalue weighted by Crippen LogP contribution is 2.38. The number of imidazole rings is 1. The van der Waals surface area contributed by atoms with E-state index in [2.05, 4.69) is 184 Å². The number of halogens is 1. The second-order valence-electron chi connectivity index (χ2n) is 14.1. The molecule has 5 nitrogen and oxygen atoms in total. The number of aromatic nitrogens is 5. The number of fused-ring (bicyclic) bond motifs is 5. The molecule has 3 aromatic heterocycles. The van der Waals surface area contributed by atoms with Crippen molar-refractivity contribution < 1.29 is 0 Å². The lowest BCUT2D eigenvalue weighted by Crippen LogP contribution is -2.38. The van der Waals surface area contributed by atoms with E-state index in [4.69, 9.17) is 15.0 Å².